The van der Waals surface area contributed by atoms with Crippen molar-refractivity contribution in [1.29, 1.82) is 0 Å². The highest BCUT2D eigenvalue weighted by molar-refractivity contribution is 5.33. The third kappa shape index (κ3) is 4.91. The fourth-order valence-corrected chi connectivity index (χ4v) is 14.5. The summed E-state index contributed by atoms with van der Waals surface area (Å²) in [7, 11) is 2.06. The van der Waals surface area contributed by atoms with Crippen LogP contribution in [0.5, 0.6) is 0 Å². The summed E-state index contributed by atoms with van der Waals surface area (Å²) in [5, 5.41) is 23.7. The van der Waals surface area contributed by atoms with Crippen LogP contribution in [0.2, 0.25) is 0 Å². The van der Waals surface area contributed by atoms with Crippen LogP contribution < -0.4 is 0 Å². The molecule has 50 heavy (non-hydrogen) atoms. The quantitative estimate of drug-likeness (QED) is 0.344. The Balaban J connectivity index is 1.00. The van der Waals surface area contributed by atoms with Gasteiger partial charge in [0, 0.05) is 38.0 Å². The summed E-state index contributed by atoms with van der Waals surface area (Å²) in [5.41, 5.74) is -0.526. The standard InChI is InChI=1S/C41H67N3O6/c1-10-47-35(37(5,6)46)26-21-25(2)32-33(49-26)34(45)39(8)28-12-11-27-36(3,4)29(13-14-40(27)24-41(28,40)16-15-38(32,39)7)50-31-23-44(19-20-48-31)22-30-42-17-18-43(30)9/h17-18,25-29,31-35,45-46H,10-16,19-24H2,1-9H3/t25-,26-,27+,28+,29+,31+,32+,33+,34+,35+,38-,39-,40?,41+/m1/s1. The Morgan fingerprint density at radius 3 is 2.52 bits per heavy atom. The van der Waals surface area contributed by atoms with Crippen LogP contribution >= 0.6 is 0 Å². The van der Waals surface area contributed by atoms with Crippen molar-refractivity contribution in [3.63, 3.8) is 0 Å². The summed E-state index contributed by atoms with van der Waals surface area (Å²) in [6.45, 7) is 21.7. The van der Waals surface area contributed by atoms with Gasteiger partial charge in [-0.1, -0.05) is 34.6 Å². The van der Waals surface area contributed by atoms with Gasteiger partial charge in [-0.05, 0) is 117 Å². The second-order valence-electron chi connectivity index (χ2n) is 19.7. The van der Waals surface area contributed by atoms with Crippen LogP contribution in [0.25, 0.3) is 0 Å². The van der Waals surface area contributed by atoms with Crippen LogP contribution in [-0.4, -0.2) is 93.4 Å². The SMILES string of the molecule is CCO[C@@H]([C@H]1C[C@@H](C)[C@H]2[C@H](O1)[C@H](O)[C@@]1(C)[C@@H]3CC[C@H]4C(C)(C)[C@@H](O[C@H]5CN(Cc6nccn6C)CCO5)CCC45C[C@@]35CC[C@]21C)C(C)(C)O. The zero-order valence-electron chi connectivity index (χ0n) is 32.5. The van der Waals surface area contributed by atoms with Crippen molar-refractivity contribution in [1.82, 2.24) is 14.5 Å². The Labute approximate surface area is 301 Å². The van der Waals surface area contributed by atoms with Gasteiger partial charge in [-0.15, -0.1) is 0 Å². The molecule has 0 bridgehead atoms. The monoisotopic (exact) mass is 698 g/mol. The molecular formula is C41H67N3O6. The number of nitrogens with zero attached hydrogens (tertiary/aromatic N) is 3. The van der Waals surface area contributed by atoms with E-state index in [9.17, 15) is 10.2 Å². The fourth-order valence-electron chi connectivity index (χ4n) is 14.5. The third-order valence-corrected chi connectivity index (χ3v) is 16.9. The number of rotatable bonds is 8. The van der Waals surface area contributed by atoms with E-state index in [1.54, 1.807) is 0 Å². The summed E-state index contributed by atoms with van der Waals surface area (Å²) in [6, 6.07) is 0. The van der Waals surface area contributed by atoms with Gasteiger partial charge in [-0.3, -0.25) is 4.90 Å². The van der Waals surface area contributed by atoms with Gasteiger partial charge >= 0.3 is 0 Å². The van der Waals surface area contributed by atoms with Gasteiger partial charge in [0.1, 0.15) is 11.9 Å². The lowest BCUT2D eigenvalue weighted by atomic mass is 9.41. The molecule has 8 rings (SSSR count). The molecule has 7 fully saturated rings. The molecule has 5 saturated carbocycles. The Morgan fingerprint density at radius 1 is 1.08 bits per heavy atom. The first-order chi connectivity index (χ1) is 23.5. The van der Waals surface area contributed by atoms with Crippen molar-refractivity contribution in [3.05, 3.63) is 18.2 Å². The maximum atomic E-state index is 12.6. The predicted octanol–water partition coefficient (Wildman–Crippen LogP) is 5.95. The summed E-state index contributed by atoms with van der Waals surface area (Å²) >= 11 is 0. The third-order valence-electron chi connectivity index (χ3n) is 16.9. The largest absolute Gasteiger partial charge is 0.390 e. The molecule has 2 N–H and O–H groups in total. The van der Waals surface area contributed by atoms with Crippen molar-refractivity contribution in [3.8, 4) is 0 Å². The second-order valence-corrected chi connectivity index (χ2v) is 19.7. The van der Waals surface area contributed by atoms with E-state index >= 15 is 0 Å². The first-order valence-electron chi connectivity index (χ1n) is 20.2. The first-order valence-corrected chi connectivity index (χ1v) is 20.2. The number of imidazole rings is 1. The van der Waals surface area contributed by atoms with E-state index < -0.39 is 17.8 Å². The van der Waals surface area contributed by atoms with Crippen molar-refractivity contribution in [2.24, 2.45) is 57.8 Å². The minimum atomic E-state index is -1.02. The van der Waals surface area contributed by atoms with E-state index in [4.69, 9.17) is 18.9 Å². The van der Waals surface area contributed by atoms with Gasteiger partial charge in [0.25, 0.3) is 0 Å². The van der Waals surface area contributed by atoms with Crippen LogP contribution in [0.3, 0.4) is 0 Å². The molecule has 1 aromatic heterocycles. The molecule has 7 aliphatic rings. The zero-order chi connectivity index (χ0) is 35.6. The van der Waals surface area contributed by atoms with Gasteiger partial charge < -0.3 is 33.7 Å². The lowest BCUT2D eigenvalue weighted by molar-refractivity contribution is -0.249. The maximum absolute atomic E-state index is 12.6. The number of ether oxygens (including phenoxy) is 4. The van der Waals surface area contributed by atoms with E-state index in [0.717, 1.165) is 44.7 Å². The molecule has 0 radical (unpaired) electrons. The summed E-state index contributed by atoms with van der Waals surface area (Å²) in [6.07, 6.45) is 11.7. The molecule has 14 atom stereocenters. The van der Waals surface area contributed by atoms with Crippen molar-refractivity contribution < 1.29 is 29.2 Å². The molecule has 1 aromatic rings. The summed E-state index contributed by atoms with van der Waals surface area (Å²) in [5.74, 6) is 2.88. The molecule has 5 aliphatic carbocycles. The van der Waals surface area contributed by atoms with Gasteiger partial charge in [0.05, 0.1) is 49.7 Å². The molecule has 9 heteroatoms. The van der Waals surface area contributed by atoms with E-state index in [1.165, 1.54) is 32.1 Å². The molecule has 0 amide bonds. The normalized spacial score (nSPS) is 48.9. The van der Waals surface area contributed by atoms with Crippen LogP contribution in [0.15, 0.2) is 12.4 Å². The van der Waals surface area contributed by atoms with E-state index in [0.29, 0.717) is 47.7 Å². The molecule has 2 aliphatic heterocycles. The van der Waals surface area contributed by atoms with Gasteiger partial charge in [-0.25, -0.2) is 4.98 Å². The minimum Gasteiger partial charge on any atom is -0.390 e. The Morgan fingerprint density at radius 2 is 1.82 bits per heavy atom. The van der Waals surface area contributed by atoms with E-state index in [2.05, 4.69) is 56.1 Å². The smallest absolute Gasteiger partial charge is 0.170 e. The number of aryl methyl sites for hydroxylation is 1. The Bertz CT molecular complexity index is 1430. The first kappa shape index (κ1) is 35.9. The lowest BCUT2D eigenvalue weighted by Gasteiger charge is -2.64. The van der Waals surface area contributed by atoms with Gasteiger partial charge in [0.2, 0.25) is 0 Å². The average molecular weight is 698 g/mol. The molecule has 2 saturated heterocycles. The minimum absolute atomic E-state index is 0.0127. The molecule has 3 heterocycles. The molecule has 282 valence electrons. The number of aromatic nitrogens is 2. The topological polar surface area (TPSA) is 98.4 Å². The van der Waals surface area contributed by atoms with Crippen LogP contribution in [-0.2, 0) is 32.5 Å². The number of fused-ring (bicyclic) bond motifs is 4. The van der Waals surface area contributed by atoms with Crippen LogP contribution in [0, 0.1) is 50.7 Å². The highest BCUT2D eigenvalue weighted by Crippen LogP contribution is 2.89. The number of aliphatic hydroxyl groups is 2. The molecule has 2 spiro atoms. The molecular weight excluding hydrogens is 630 g/mol. The second kappa shape index (κ2) is 12.0. The molecule has 9 nitrogen and oxygen atoms in total. The highest BCUT2D eigenvalue weighted by Gasteiger charge is 2.84. The molecule has 0 aromatic carbocycles. The maximum Gasteiger partial charge on any atom is 0.170 e. The van der Waals surface area contributed by atoms with Crippen molar-refractivity contribution >= 4 is 0 Å². The summed E-state index contributed by atoms with van der Waals surface area (Å²) in [4.78, 5) is 6.97. The zero-order valence-corrected chi connectivity index (χ0v) is 32.5. The highest BCUT2D eigenvalue weighted by atomic mass is 16.7. The molecule has 1 unspecified atom stereocenters. The number of aliphatic hydroxyl groups excluding tert-OH is 1. The lowest BCUT2D eigenvalue weighted by Crippen LogP contribution is -2.60. The van der Waals surface area contributed by atoms with Crippen molar-refractivity contribution in [2.75, 3.05) is 26.3 Å². The van der Waals surface area contributed by atoms with Crippen LogP contribution in [0.4, 0.5) is 0 Å². The fraction of sp³-hybridized carbons (Fsp3) is 0.927. The Hall–Kier alpha value is -1.07. The Kier molecular flexibility index (Phi) is 8.60. The van der Waals surface area contributed by atoms with E-state index in [-0.39, 0.29) is 40.8 Å². The number of morpholine rings is 1. The van der Waals surface area contributed by atoms with Crippen LogP contribution in [0.1, 0.15) is 113 Å². The van der Waals surface area contributed by atoms with Crippen molar-refractivity contribution in [2.45, 2.75) is 156 Å². The van der Waals surface area contributed by atoms with E-state index in [1.807, 2.05) is 33.2 Å². The predicted molar refractivity (Wildman–Crippen MR) is 191 cm³/mol. The average Bonchev–Trinajstić information content (AvgIpc) is 3.49. The van der Waals surface area contributed by atoms with Gasteiger partial charge in [0.15, 0.2) is 6.29 Å². The van der Waals surface area contributed by atoms with Gasteiger partial charge in [-0.2, -0.15) is 0 Å². The number of hydrogen-bond acceptors (Lipinski definition) is 8. The summed E-state index contributed by atoms with van der Waals surface area (Å²) < 4.78 is 28.4. The number of hydrogen-bond donors (Lipinski definition) is 2.